The number of hydrogen-bond acceptors (Lipinski definition) is 3. The summed E-state index contributed by atoms with van der Waals surface area (Å²) in [6, 6.07) is 4.45. The number of benzene rings is 1. The molecule has 0 spiro atoms. The molecule has 6 heteroatoms. The van der Waals surface area contributed by atoms with E-state index in [0.717, 1.165) is 12.8 Å². The molecule has 2 N–H and O–H groups in total. The van der Waals surface area contributed by atoms with Crippen molar-refractivity contribution in [1.82, 2.24) is 5.32 Å². The molecular weight excluding hydrogens is 265 g/mol. The van der Waals surface area contributed by atoms with E-state index in [9.17, 15) is 14.0 Å². The standard InChI is InChI=1S/C14H18FNO4/c1-2-3-7-20-14(19)16-12(13(17)18)9-10-5-4-6-11(15)8-10/h4-6,8,12H,2-3,7,9H2,1H3,(H,16,19)(H,17,18). The number of carbonyl (C=O) groups is 2. The molecule has 1 unspecified atom stereocenters. The van der Waals surface area contributed by atoms with E-state index in [1.54, 1.807) is 6.07 Å². The number of carboxylic acid groups (broad SMARTS) is 1. The Hall–Kier alpha value is -2.11. The lowest BCUT2D eigenvalue weighted by molar-refractivity contribution is -0.139. The molecule has 5 nitrogen and oxygen atoms in total. The van der Waals surface area contributed by atoms with Crippen LogP contribution in [0.15, 0.2) is 24.3 Å². The maximum absolute atomic E-state index is 13.0. The van der Waals surface area contributed by atoms with Gasteiger partial charge in [0.25, 0.3) is 0 Å². The van der Waals surface area contributed by atoms with Gasteiger partial charge in [-0.1, -0.05) is 25.5 Å². The van der Waals surface area contributed by atoms with Crippen molar-refractivity contribution in [2.75, 3.05) is 6.61 Å². The van der Waals surface area contributed by atoms with Gasteiger partial charge >= 0.3 is 12.1 Å². The van der Waals surface area contributed by atoms with Gasteiger partial charge in [0.2, 0.25) is 0 Å². The van der Waals surface area contributed by atoms with Crippen LogP contribution in [0.5, 0.6) is 0 Å². The van der Waals surface area contributed by atoms with E-state index in [0.29, 0.717) is 5.56 Å². The summed E-state index contributed by atoms with van der Waals surface area (Å²) in [4.78, 5) is 22.5. The van der Waals surface area contributed by atoms with Gasteiger partial charge in [-0.15, -0.1) is 0 Å². The Labute approximate surface area is 116 Å². The lowest BCUT2D eigenvalue weighted by Crippen LogP contribution is -2.42. The third kappa shape index (κ3) is 5.69. The number of amides is 1. The van der Waals surface area contributed by atoms with E-state index in [2.05, 4.69) is 5.32 Å². The lowest BCUT2D eigenvalue weighted by Gasteiger charge is -2.14. The minimum absolute atomic E-state index is 0.00400. The van der Waals surface area contributed by atoms with Crippen LogP contribution in [0.3, 0.4) is 0 Å². The highest BCUT2D eigenvalue weighted by molar-refractivity contribution is 5.80. The second-order valence-corrected chi connectivity index (χ2v) is 4.36. The lowest BCUT2D eigenvalue weighted by atomic mass is 10.1. The van der Waals surface area contributed by atoms with Crippen LogP contribution in [0.4, 0.5) is 9.18 Å². The summed E-state index contributed by atoms with van der Waals surface area (Å²) >= 11 is 0. The van der Waals surface area contributed by atoms with Crippen LogP contribution in [0.25, 0.3) is 0 Å². The molecule has 0 aliphatic rings. The zero-order valence-corrected chi connectivity index (χ0v) is 11.3. The second-order valence-electron chi connectivity index (χ2n) is 4.36. The molecule has 20 heavy (non-hydrogen) atoms. The molecule has 1 atom stereocenters. The number of ether oxygens (including phenoxy) is 1. The fourth-order valence-corrected chi connectivity index (χ4v) is 1.59. The topological polar surface area (TPSA) is 75.6 Å². The predicted octanol–water partition coefficient (Wildman–Crippen LogP) is 2.35. The van der Waals surface area contributed by atoms with Crippen molar-refractivity contribution in [3.63, 3.8) is 0 Å². The minimum Gasteiger partial charge on any atom is -0.480 e. The van der Waals surface area contributed by atoms with Gasteiger partial charge in [0, 0.05) is 6.42 Å². The molecule has 1 amide bonds. The fraction of sp³-hybridized carbons (Fsp3) is 0.429. The van der Waals surface area contributed by atoms with Gasteiger partial charge in [-0.3, -0.25) is 0 Å². The van der Waals surface area contributed by atoms with Gasteiger partial charge in [0.1, 0.15) is 11.9 Å². The third-order valence-corrected chi connectivity index (χ3v) is 2.65. The van der Waals surface area contributed by atoms with Gasteiger partial charge in [-0.05, 0) is 24.1 Å². The SMILES string of the molecule is CCCCOC(=O)NC(Cc1cccc(F)c1)C(=O)O. The van der Waals surface area contributed by atoms with Gasteiger partial charge in [0.15, 0.2) is 0 Å². The molecule has 0 heterocycles. The molecule has 1 rings (SSSR count). The first kappa shape index (κ1) is 15.9. The summed E-state index contributed by atoms with van der Waals surface area (Å²) < 4.78 is 17.9. The number of hydrogen-bond donors (Lipinski definition) is 2. The zero-order chi connectivity index (χ0) is 15.0. The highest BCUT2D eigenvalue weighted by atomic mass is 19.1. The monoisotopic (exact) mass is 283 g/mol. The molecule has 0 fully saturated rings. The van der Waals surface area contributed by atoms with Crippen molar-refractivity contribution in [3.05, 3.63) is 35.6 Å². The Morgan fingerprint density at radius 3 is 2.80 bits per heavy atom. The van der Waals surface area contributed by atoms with E-state index < -0.39 is 23.9 Å². The first-order valence-electron chi connectivity index (χ1n) is 6.43. The zero-order valence-electron chi connectivity index (χ0n) is 11.3. The molecule has 0 aliphatic heterocycles. The summed E-state index contributed by atoms with van der Waals surface area (Å²) in [5.74, 6) is -1.64. The third-order valence-electron chi connectivity index (χ3n) is 2.65. The number of unbranched alkanes of at least 4 members (excludes halogenated alkanes) is 1. The Bertz CT molecular complexity index is 464. The smallest absolute Gasteiger partial charge is 0.407 e. The van der Waals surface area contributed by atoms with Crippen LogP contribution in [-0.4, -0.2) is 29.8 Å². The number of carbonyl (C=O) groups excluding carboxylic acids is 1. The minimum atomic E-state index is -1.19. The van der Waals surface area contributed by atoms with Crippen molar-refractivity contribution < 1.29 is 23.8 Å². The molecule has 0 aliphatic carbocycles. The molecule has 110 valence electrons. The summed E-state index contributed by atoms with van der Waals surface area (Å²) in [6.07, 6.45) is 0.812. The Morgan fingerprint density at radius 2 is 2.20 bits per heavy atom. The van der Waals surface area contributed by atoms with E-state index in [1.165, 1.54) is 18.2 Å². The highest BCUT2D eigenvalue weighted by Gasteiger charge is 2.21. The second kappa shape index (κ2) is 8.14. The molecule has 0 saturated heterocycles. The van der Waals surface area contributed by atoms with Crippen LogP contribution in [0.2, 0.25) is 0 Å². The summed E-state index contributed by atoms with van der Waals surface area (Å²) in [6.45, 7) is 2.19. The van der Waals surface area contributed by atoms with Gasteiger partial charge < -0.3 is 15.2 Å². The first-order valence-corrected chi connectivity index (χ1v) is 6.43. The van der Waals surface area contributed by atoms with Crippen LogP contribution in [0.1, 0.15) is 25.3 Å². The Morgan fingerprint density at radius 1 is 1.45 bits per heavy atom. The van der Waals surface area contributed by atoms with E-state index in [1.807, 2.05) is 6.92 Å². The van der Waals surface area contributed by atoms with Crippen molar-refractivity contribution in [1.29, 1.82) is 0 Å². The Balaban J connectivity index is 2.56. The number of halogens is 1. The maximum Gasteiger partial charge on any atom is 0.407 e. The van der Waals surface area contributed by atoms with E-state index >= 15 is 0 Å². The molecule has 0 aromatic heterocycles. The van der Waals surface area contributed by atoms with Gasteiger partial charge in [0.05, 0.1) is 6.61 Å². The van der Waals surface area contributed by atoms with Crippen molar-refractivity contribution in [3.8, 4) is 0 Å². The van der Waals surface area contributed by atoms with Crippen molar-refractivity contribution in [2.45, 2.75) is 32.2 Å². The molecular formula is C14H18FNO4. The number of carboxylic acids is 1. The number of rotatable bonds is 7. The van der Waals surface area contributed by atoms with E-state index in [-0.39, 0.29) is 13.0 Å². The van der Waals surface area contributed by atoms with Crippen LogP contribution >= 0.6 is 0 Å². The number of nitrogens with one attached hydrogen (secondary N) is 1. The maximum atomic E-state index is 13.0. The summed E-state index contributed by atoms with van der Waals surface area (Å²) in [5.41, 5.74) is 0.492. The van der Waals surface area contributed by atoms with Crippen molar-refractivity contribution in [2.24, 2.45) is 0 Å². The number of aliphatic carboxylic acids is 1. The molecule has 0 bridgehead atoms. The quantitative estimate of drug-likeness (QED) is 0.753. The molecule has 1 aromatic rings. The molecule has 1 aromatic carbocycles. The highest BCUT2D eigenvalue weighted by Crippen LogP contribution is 2.07. The Kier molecular flexibility index (Phi) is 6.49. The first-order chi connectivity index (χ1) is 9.52. The van der Waals surface area contributed by atoms with Crippen LogP contribution in [0, 0.1) is 5.82 Å². The van der Waals surface area contributed by atoms with Gasteiger partial charge in [-0.2, -0.15) is 0 Å². The fourth-order valence-electron chi connectivity index (χ4n) is 1.59. The van der Waals surface area contributed by atoms with Crippen LogP contribution < -0.4 is 5.32 Å². The largest absolute Gasteiger partial charge is 0.480 e. The average Bonchev–Trinajstić information content (AvgIpc) is 2.38. The van der Waals surface area contributed by atoms with Gasteiger partial charge in [-0.25, -0.2) is 14.0 Å². The predicted molar refractivity (Wildman–Crippen MR) is 70.9 cm³/mol. The molecule has 0 radical (unpaired) electrons. The van der Waals surface area contributed by atoms with Crippen molar-refractivity contribution >= 4 is 12.1 Å². The normalized spacial score (nSPS) is 11.7. The molecule has 0 saturated carbocycles. The summed E-state index contributed by atoms with van der Waals surface area (Å²) in [7, 11) is 0. The van der Waals surface area contributed by atoms with Crippen LogP contribution in [-0.2, 0) is 16.0 Å². The summed E-state index contributed by atoms with van der Waals surface area (Å²) in [5, 5.41) is 11.3. The average molecular weight is 283 g/mol. The number of alkyl carbamates (subject to hydrolysis) is 1. The van der Waals surface area contributed by atoms with E-state index in [4.69, 9.17) is 9.84 Å².